The van der Waals surface area contributed by atoms with E-state index in [2.05, 4.69) is 15.1 Å². The lowest BCUT2D eigenvalue weighted by Gasteiger charge is -2.08. The molecule has 0 unspecified atom stereocenters. The summed E-state index contributed by atoms with van der Waals surface area (Å²) in [6, 6.07) is 2.44. The van der Waals surface area contributed by atoms with Crippen LogP contribution >= 0.6 is 0 Å². The van der Waals surface area contributed by atoms with Gasteiger partial charge in [-0.3, -0.25) is 0 Å². The maximum atomic E-state index is 12.5. The van der Waals surface area contributed by atoms with Crippen LogP contribution in [0.5, 0.6) is 0 Å². The average Bonchev–Trinajstić information content (AvgIpc) is 2.62. The summed E-state index contributed by atoms with van der Waals surface area (Å²) in [6.45, 7) is 1.71. The topological polar surface area (TPSA) is 69.6 Å². The molecule has 2 aromatic rings. The monoisotopic (exact) mass is 243 g/mol. The number of aryl methyl sites for hydroxylation is 1. The Kier molecular flexibility index (Phi) is 2.49. The normalized spacial score (nSPS) is 11.8. The van der Waals surface area contributed by atoms with Crippen molar-refractivity contribution in [3.05, 3.63) is 29.7 Å². The molecule has 0 radical (unpaired) electrons. The molecule has 2 aromatic heterocycles. The van der Waals surface area contributed by atoms with E-state index in [1.54, 1.807) is 13.0 Å². The molecule has 0 aliphatic carbocycles. The average molecular weight is 243 g/mol. The minimum Gasteiger partial charge on any atom is -0.368 e. The summed E-state index contributed by atoms with van der Waals surface area (Å²) in [7, 11) is 0. The number of nitrogens with two attached hydrogens (primary N) is 1. The van der Waals surface area contributed by atoms with Gasteiger partial charge in [-0.2, -0.15) is 23.3 Å². The maximum Gasteiger partial charge on any atom is 0.433 e. The van der Waals surface area contributed by atoms with Gasteiger partial charge >= 0.3 is 6.18 Å². The minimum absolute atomic E-state index is 0.0158. The first-order valence-corrected chi connectivity index (χ1v) is 4.60. The number of hydrogen-bond acceptors (Lipinski definition) is 4. The first-order chi connectivity index (χ1) is 7.86. The van der Waals surface area contributed by atoms with Gasteiger partial charge in [0.15, 0.2) is 11.5 Å². The highest BCUT2D eigenvalue weighted by Crippen LogP contribution is 2.28. The summed E-state index contributed by atoms with van der Waals surface area (Å²) in [5, 5.41) is 3.95. The van der Waals surface area contributed by atoms with Crippen molar-refractivity contribution in [2.75, 3.05) is 5.73 Å². The molecule has 90 valence electrons. The third kappa shape index (κ3) is 2.35. The van der Waals surface area contributed by atoms with E-state index in [-0.39, 0.29) is 5.82 Å². The fourth-order valence-corrected chi connectivity index (χ4v) is 1.26. The Bertz CT molecular complexity index is 546. The summed E-state index contributed by atoms with van der Waals surface area (Å²) >= 11 is 0. The first kappa shape index (κ1) is 11.4. The van der Waals surface area contributed by atoms with Crippen LogP contribution in [0, 0.1) is 6.92 Å². The van der Waals surface area contributed by atoms with Crippen LogP contribution in [0.3, 0.4) is 0 Å². The van der Waals surface area contributed by atoms with Gasteiger partial charge in [0, 0.05) is 12.3 Å². The number of halogens is 3. The molecule has 0 saturated heterocycles. The van der Waals surface area contributed by atoms with Crippen molar-refractivity contribution in [1.82, 2.24) is 19.7 Å². The molecule has 5 nitrogen and oxygen atoms in total. The third-order valence-electron chi connectivity index (χ3n) is 1.98. The fourth-order valence-electron chi connectivity index (χ4n) is 1.26. The van der Waals surface area contributed by atoms with Crippen LogP contribution in [0.4, 0.5) is 19.1 Å². The molecular formula is C9H8F3N5. The summed E-state index contributed by atoms with van der Waals surface area (Å²) in [5.74, 6) is -0.457. The van der Waals surface area contributed by atoms with Crippen LogP contribution in [0.15, 0.2) is 18.3 Å². The highest BCUT2D eigenvalue weighted by atomic mass is 19.4. The van der Waals surface area contributed by atoms with Gasteiger partial charge in [-0.25, -0.2) is 9.67 Å². The Balaban J connectivity index is 2.52. The summed E-state index contributed by atoms with van der Waals surface area (Å²) in [6.07, 6.45) is -3.06. The molecule has 0 atom stereocenters. The standard InChI is InChI=1S/C9H8F3N5/c1-5-2-3-17(16-5)7-4-6(9(10,11)12)14-8(13)15-7/h2-4H,1H3,(H2,13,14,15). The van der Waals surface area contributed by atoms with Gasteiger partial charge < -0.3 is 5.73 Å². The number of rotatable bonds is 1. The molecule has 17 heavy (non-hydrogen) atoms. The number of aromatic nitrogens is 4. The number of anilines is 1. The zero-order valence-corrected chi connectivity index (χ0v) is 8.73. The van der Waals surface area contributed by atoms with Crippen LogP contribution in [0.2, 0.25) is 0 Å². The van der Waals surface area contributed by atoms with E-state index < -0.39 is 17.8 Å². The molecule has 2 rings (SSSR count). The number of alkyl halides is 3. The quantitative estimate of drug-likeness (QED) is 0.825. The van der Waals surface area contributed by atoms with Crippen molar-refractivity contribution in [3.63, 3.8) is 0 Å². The third-order valence-corrected chi connectivity index (χ3v) is 1.98. The van der Waals surface area contributed by atoms with E-state index in [4.69, 9.17) is 5.73 Å². The van der Waals surface area contributed by atoms with Crippen molar-refractivity contribution in [2.24, 2.45) is 0 Å². The lowest BCUT2D eigenvalue weighted by atomic mass is 10.4. The molecule has 0 spiro atoms. The van der Waals surface area contributed by atoms with E-state index in [0.29, 0.717) is 5.69 Å². The Hall–Kier alpha value is -2.12. The van der Waals surface area contributed by atoms with Gasteiger partial charge in [-0.05, 0) is 13.0 Å². The highest BCUT2D eigenvalue weighted by molar-refractivity contribution is 5.32. The summed E-state index contributed by atoms with van der Waals surface area (Å²) in [5.41, 5.74) is 4.81. The maximum absolute atomic E-state index is 12.5. The zero-order chi connectivity index (χ0) is 12.6. The highest BCUT2D eigenvalue weighted by Gasteiger charge is 2.33. The predicted octanol–water partition coefficient (Wildman–Crippen LogP) is 1.57. The van der Waals surface area contributed by atoms with Gasteiger partial charge in [-0.15, -0.1) is 0 Å². The van der Waals surface area contributed by atoms with Crippen LogP contribution < -0.4 is 5.73 Å². The second kappa shape index (κ2) is 3.72. The van der Waals surface area contributed by atoms with Crippen molar-refractivity contribution in [2.45, 2.75) is 13.1 Å². The molecule has 2 heterocycles. The molecular weight excluding hydrogens is 235 g/mol. The van der Waals surface area contributed by atoms with Crippen molar-refractivity contribution in [3.8, 4) is 5.82 Å². The molecule has 8 heteroatoms. The van der Waals surface area contributed by atoms with Crippen LogP contribution in [0.25, 0.3) is 5.82 Å². The van der Waals surface area contributed by atoms with Gasteiger partial charge in [0.2, 0.25) is 5.95 Å². The Morgan fingerprint density at radius 1 is 1.29 bits per heavy atom. The molecule has 0 fully saturated rings. The van der Waals surface area contributed by atoms with Gasteiger partial charge in [0.05, 0.1) is 5.69 Å². The number of hydrogen-bond donors (Lipinski definition) is 1. The van der Waals surface area contributed by atoms with Crippen molar-refractivity contribution in [1.29, 1.82) is 0 Å². The van der Waals surface area contributed by atoms with Crippen LogP contribution in [-0.4, -0.2) is 19.7 Å². The van der Waals surface area contributed by atoms with Crippen LogP contribution in [-0.2, 0) is 6.18 Å². The summed E-state index contributed by atoms with van der Waals surface area (Å²) < 4.78 is 38.7. The van der Waals surface area contributed by atoms with Gasteiger partial charge in [0.25, 0.3) is 0 Å². The van der Waals surface area contributed by atoms with E-state index in [0.717, 1.165) is 6.07 Å². The van der Waals surface area contributed by atoms with E-state index in [1.165, 1.54) is 10.9 Å². The Morgan fingerprint density at radius 2 is 2.00 bits per heavy atom. The van der Waals surface area contributed by atoms with Crippen molar-refractivity contribution < 1.29 is 13.2 Å². The Labute approximate surface area is 94.1 Å². The number of nitrogens with zero attached hydrogens (tertiary/aromatic N) is 4. The molecule has 0 amide bonds. The largest absolute Gasteiger partial charge is 0.433 e. The van der Waals surface area contributed by atoms with Gasteiger partial charge in [0.1, 0.15) is 0 Å². The molecule has 0 bridgehead atoms. The minimum atomic E-state index is -4.56. The van der Waals surface area contributed by atoms with E-state index >= 15 is 0 Å². The molecule has 0 aliphatic heterocycles. The predicted molar refractivity (Wildman–Crippen MR) is 53.3 cm³/mol. The lowest BCUT2D eigenvalue weighted by molar-refractivity contribution is -0.141. The Morgan fingerprint density at radius 3 is 2.53 bits per heavy atom. The van der Waals surface area contributed by atoms with Crippen LogP contribution in [0.1, 0.15) is 11.4 Å². The zero-order valence-electron chi connectivity index (χ0n) is 8.73. The summed E-state index contributed by atoms with van der Waals surface area (Å²) in [4.78, 5) is 6.84. The molecule has 0 aliphatic rings. The molecule has 2 N–H and O–H groups in total. The second-order valence-corrected chi connectivity index (χ2v) is 3.37. The van der Waals surface area contributed by atoms with Crippen molar-refractivity contribution >= 4 is 5.95 Å². The molecule has 0 saturated carbocycles. The fraction of sp³-hybridized carbons (Fsp3) is 0.222. The second-order valence-electron chi connectivity index (χ2n) is 3.37. The SMILES string of the molecule is Cc1ccn(-c2cc(C(F)(F)F)nc(N)n2)n1. The van der Waals surface area contributed by atoms with Gasteiger partial charge in [-0.1, -0.05) is 0 Å². The number of nitrogen functional groups attached to an aromatic ring is 1. The smallest absolute Gasteiger partial charge is 0.368 e. The van der Waals surface area contributed by atoms with E-state index in [1.807, 2.05) is 0 Å². The van der Waals surface area contributed by atoms with E-state index in [9.17, 15) is 13.2 Å². The lowest BCUT2D eigenvalue weighted by Crippen LogP contribution is -2.13. The first-order valence-electron chi connectivity index (χ1n) is 4.60. The molecule has 0 aromatic carbocycles.